The molecule has 21 heavy (non-hydrogen) atoms. The van der Waals surface area contributed by atoms with Crippen LogP contribution in [0.3, 0.4) is 0 Å². The molecular weight excluding hydrogens is 262 g/mol. The molecule has 0 fully saturated rings. The van der Waals surface area contributed by atoms with Gasteiger partial charge in [0.15, 0.2) is 0 Å². The van der Waals surface area contributed by atoms with Crippen LogP contribution in [0.1, 0.15) is 11.4 Å². The molecule has 0 aliphatic rings. The van der Waals surface area contributed by atoms with E-state index in [2.05, 4.69) is 21.4 Å². The van der Waals surface area contributed by atoms with Crippen LogP contribution in [0.2, 0.25) is 0 Å². The number of ether oxygens (including phenoxy) is 1. The molecule has 1 aromatic carbocycles. The van der Waals surface area contributed by atoms with Gasteiger partial charge in [-0.1, -0.05) is 18.2 Å². The van der Waals surface area contributed by atoms with Gasteiger partial charge in [-0.05, 0) is 31.2 Å². The molecule has 0 saturated carbocycles. The van der Waals surface area contributed by atoms with Crippen LogP contribution in [-0.4, -0.2) is 17.1 Å². The second-order valence-electron chi connectivity index (χ2n) is 4.88. The van der Waals surface area contributed by atoms with Gasteiger partial charge >= 0.3 is 0 Å². The molecular formula is C17H17N3O. The van der Waals surface area contributed by atoms with E-state index in [0.717, 1.165) is 33.7 Å². The molecule has 1 N–H and O–H groups in total. The van der Waals surface area contributed by atoms with Gasteiger partial charge in [-0.15, -0.1) is 0 Å². The molecule has 3 aromatic rings. The molecule has 2 heterocycles. The topological polar surface area (TPSA) is 47.0 Å². The van der Waals surface area contributed by atoms with Crippen molar-refractivity contribution in [1.82, 2.24) is 9.97 Å². The van der Waals surface area contributed by atoms with Crippen molar-refractivity contribution >= 4 is 16.6 Å². The van der Waals surface area contributed by atoms with Gasteiger partial charge in [0.2, 0.25) is 0 Å². The molecule has 4 nitrogen and oxygen atoms in total. The van der Waals surface area contributed by atoms with Crippen LogP contribution in [-0.2, 0) is 6.54 Å². The molecule has 0 radical (unpaired) electrons. The van der Waals surface area contributed by atoms with Crippen molar-refractivity contribution in [3.63, 3.8) is 0 Å². The highest BCUT2D eigenvalue weighted by molar-refractivity contribution is 5.84. The van der Waals surface area contributed by atoms with Crippen molar-refractivity contribution in [3.05, 3.63) is 60.0 Å². The van der Waals surface area contributed by atoms with E-state index in [4.69, 9.17) is 4.74 Å². The van der Waals surface area contributed by atoms with Crippen LogP contribution in [0.4, 0.5) is 5.69 Å². The summed E-state index contributed by atoms with van der Waals surface area (Å²) in [6.45, 7) is 2.62. The predicted molar refractivity (Wildman–Crippen MR) is 84.6 cm³/mol. The zero-order valence-corrected chi connectivity index (χ0v) is 12.1. The molecule has 4 heteroatoms. The maximum absolute atomic E-state index is 5.37. The first-order valence-electron chi connectivity index (χ1n) is 6.85. The molecule has 0 amide bonds. The standard InChI is InChI=1S/C17H17N3O/c1-12-6-8-14(10-18-12)19-11-15-9-7-13-4-3-5-16(21-2)17(13)20-15/h3-10,19H,11H2,1-2H3. The van der Waals surface area contributed by atoms with E-state index in [1.807, 2.05) is 49.5 Å². The van der Waals surface area contributed by atoms with Crippen molar-refractivity contribution in [2.75, 3.05) is 12.4 Å². The number of methoxy groups -OCH3 is 1. The van der Waals surface area contributed by atoms with Crippen LogP contribution in [0.5, 0.6) is 5.75 Å². The lowest BCUT2D eigenvalue weighted by Gasteiger charge is -2.08. The molecule has 0 saturated heterocycles. The first-order valence-corrected chi connectivity index (χ1v) is 6.85. The molecule has 0 unspecified atom stereocenters. The van der Waals surface area contributed by atoms with E-state index in [1.54, 1.807) is 7.11 Å². The summed E-state index contributed by atoms with van der Waals surface area (Å²) in [5.41, 5.74) is 3.85. The van der Waals surface area contributed by atoms with E-state index in [0.29, 0.717) is 6.54 Å². The Bertz CT molecular complexity index is 754. The first-order chi connectivity index (χ1) is 10.3. The number of pyridine rings is 2. The molecule has 0 bridgehead atoms. The summed E-state index contributed by atoms with van der Waals surface area (Å²) in [5, 5.41) is 4.40. The molecule has 0 aliphatic carbocycles. The molecule has 3 rings (SSSR count). The Morgan fingerprint density at radius 1 is 1.10 bits per heavy atom. The second kappa shape index (κ2) is 5.79. The van der Waals surface area contributed by atoms with Crippen molar-refractivity contribution in [1.29, 1.82) is 0 Å². The number of anilines is 1. The number of nitrogens with one attached hydrogen (secondary N) is 1. The number of rotatable bonds is 4. The minimum absolute atomic E-state index is 0.652. The Morgan fingerprint density at radius 2 is 2.00 bits per heavy atom. The largest absolute Gasteiger partial charge is 0.494 e. The lowest BCUT2D eigenvalue weighted by Crippen LogP contribution is -2.02. The Kier molecular flexibility index (Phi) is 3.69. The number of aryl methyl sites for hydroxylation is 1. The summed E-state index contributed by atoms with van der Waals surface area (Å²) < 4.78 is 5.37. The third-order valence-electron chi connectivity index (χ3n) is 3.35. The molecule has 106 valence electrons. The molecule has 0 spiro atoms. The minimum Gasteiger partial charge on any atom is -0.494 e. The number of para-hydroxylation sites is 1. The van der Waals surface area contributed by atoms with E-state index in [1.165, 1.54) is 0 Å². The van der Waals surface area contributed by atoms with E-state index in [-0.39, 0.29) is 0 Å². The second-order valence-corrected chi connectivity index (χ2v) is 4.88. The Hall–Kier alpha value is -2.62. The fourth-order valence-electron chi connectivity index (χ4n) is 2.19. The smallest absolute Gasteiger partial charge is 0.145 e. The normalized spacial score (nSPS) is 10.6. The summed E-state index contributed by atoms with van der Waals surface area (Å²) in [4.78, 5) is 8.94. The van der Waals surface area contributed by atoms with Crippen LogP contribution in [0.25, 0.3) is 10.9 Å². The SMILES string of the molecule is COc1cccc2ccc(CNc3ccc(C)nc3)nc12. The van der Waals surface area contributed by atoms with Gasteiger partial charge in [-0.3, -0.25) is 4.98 Å². The number of hydrogen-bond acceptors (Lipinski definition) is 4. The highest BCUT2D eigenvalue weighted by atomic mass is 16.5. The first kappa shape index (κ1) is 13.4. The molecule has 2 aromatic heterocycles. The van der Waals surface area contributed by atoms with Gasteiger partial charge in [0.1, 0.15) is 11.3 Å². The van der Waals surface area contributed by atoms with Gasteiger partial charge < -0.3 is 10.1 Å². The van der Waals surface area contributed by atoms with E-state index in [9.17, 15) is 0 Å². The van der Waals surface area contributed by atoms with E-state index < -0.39 is 0 Å². The number of nitrogens with zero attached hydrogens (tertiary/aromatic N) is 2. The average Bonchev–Trinajstić information content (AvgIpc) is 2.53. The van der Waals surface area contributed by atoms with Crippen molar-refractivity contribution < 1.29 is 4.74 Å². The van der Waals surface area contributed by atoms with Gasteiger partial charge in [0, 0.05) is 11.1 Å². The lowest BCUT2D eigenvalue weighted by atomic mass is 10.2. The summed E-state index contributed by atoms with van der Waals surface area (Å²) in [6.07, 6.45) is 1.83. The van der Waals surface area contributed by atoms with Gasteiger partial charge in [0.05, 0.1) is 31.2 Å². The third-order valence-corrected chi connectivity index (χ3v) is 3.35. The quantitative estimate of drug-likeness (QED) is 0.793. The van der Waals surface area contributed by atoms with Crippen molar-refractivity contribution in [2.24, 2.45) is 0 Å². The molecule has 0 aliphatic heterocycles. The maximum atomic E-state index is 5.37. The van der Waals surface area contributed by atoms with Crippen LogP contribution < -0.4 is 10.1 Å². The molecule has 0 atom stereocenters. The highest BCUT2D eigenvalue weighted by Gasteiger charge is 2.04. The highest BCUT2D eigenvalue weighted by Crippen LogP contribution is 2.23. The van der Waals surface area contributed by atoms with Gasteiger partial charge in [-0.25, -0.2) is 4.98 Å². The fourth-order valence-corrected chi connectivity index (χ4v) is 2.19. The van der Waals surface area contributed by atoms with Crippen molar-refractivity contribution in [2.45, 2.75) is 13.5 Å². The predicted octanol–water partition coefficient (Wildman–Crippen LogP) is 3.56. The third kappa shape index (κ3) is 2.94. The number of hydrogen-bond donors (Lipinski definition) is 1. The Balaban J connectivity index is 1.82. The summed E-state index contributed by atoms with van der Waals surface area (Å²) in [6, 6.07) is 14.0. The number of benzene rings is 1. The van der Waals surface area contributed by atoms with Gasteiger partial charge in [0.25, 0.3) is 0 Å². The maximum Gasteiger partial charge on any atom is 0.145 e. The van der Waals surface area contributed by atoms with E-state index >= 15 is 0 Å². The lowest BCUT2D eigenvalue weighted by molar-refractivity contribution is 0.419. The summed E-state index contributed by atoms with van der Waals surface area (Å²) in [7, 11) is 1.67. The summed E-state index contributed by atoms with van der Waals surface area (Å²) in [5.74, 6) is 0.798. The zero-order chi connectivity index (χ0) is 14.7. The summed E-state index contributed by atoms with van der Waals surface area (Å²) >= 11 is 0. The Morgan fingerprint density at radius 3 is 2.76 bits per heavy atom. The van der Waals surface area contributed by atoms with Crippen molar-refractivity contribution in [3.8, 4) is 5.75 Å². The van der Waals surface area contributed by atoms with Gasteiger partial charge in [-0.2, -0.15) is 0 Å². The number of aromatic nitrogens is 2. The zero-order valence-electron chi connectivity index (χ0n) is 12.1. The van der Waals surface area contributed by atoms with Crippen LogP contribution in [0, 0.1) is 6.92 Å². The van der Waals surface area contributed by atoms with Crippen LogP contribution >= 0.6 is 0 Å². The number of fused-ring (bicyclic) bond motifs is 1. The Labute approximate surface area is 123 Å². The fraction of sp³-hybridized carbons (Fsp3) is 0.176. The monoisotopic (exact) mass is 279 g/mol. The minimum atomic E-state index is 0.652. The average molecular weight is 279 g/mol. The van der Waals surface area contributed by atoms with Crippen LogP contribution in [0.15, 0.2) is 48.7 Å².